The van der Waals surface area contributed by atoms with Crippen molar-refractivity contribution in [1.29, 1.82) is 0 Å². The molecule has 1 aliphatic heterocycles. The Hall–Kier alpha value is -1.51. The first kappa shape index (κ1) is 8.10. The van der Waals surface area contributed by atoms with Gasteiger partial charge in [-0.2, -0.15) is 0 Å². The summed E-state index contributed by atoms with van der Waals surface area (Å²) >= 11 is 0. The largest absolute Gasteiger partial charge is 0.261 e. The van der Waals surface area contributed by atoms with Crippen LogP contribution < -0.4 is 0 Å². The molecule has 0 N–H and O–H groups in total. The van der Waals surface area contributed by atoms with Gasteiger partial charge in [0.1, 0.15) is 11.9 Å². The van der Waals surface area contributed by atoms with Crippen LogP contribution in [-0.4, -0.2) is 22.6 Å². The minimum absolute atomic E-state index is 0.0528. The molecule has 0 aromatic carbocycles. The number of aliphatic imine (C=N–C) groups is 2. The first-order valence-electron chi connectivity index (χ1n) is 4.31. The van der Waals surface area contributed by atoms with E-state index in [4.69, 9.17) is 0 Å². The Bertz CT molecular complexity index is 365. The molecule has 0 aliphatic carbocycles. The monoisotopic (exact) mass is 173 g/mol. The molecule has 0 amide bonds. The molecule has 1 aliphatic rings. The van der Waals surface area contributed by atoms with E-state index >= 15 is 0 Å². The van der Waals surface area contributed by atoms with Gasteiger partial charge in [-0.1, -0.05) is 6.07 Å². The molecule has 0 saturated heterocycles. The average molecular weight is 173 g/mol. The third-order valence-electron chi connectivity index (χ3n) is 1.95. The standard InChI is InChI=1S/C10H11N3/c1-7-10(13-8(2)12-7)9-5-3-4-6-11-9/h3-6,8H,1-2H3. The van der Waals surface area contributed by atoms with Crippen molar-refractivity contribution < 1.29 is 0 Å². The minimum atomic E-state index is 0.0528. The summed E-state index contributed by atoms with van der Waals surface area (Å²) in [4.78, 5) is 12.9. The van der Waals surface area contributed by atoms with Crippen LogP contribution in [0.5, 0.6) is 0 Å². The van der Waals surface area contributed by atoms with Crippen molar-refractivity contribution in [3.63, 3.8) is 0 Å². The van der Waals surface area contributed by atoms with Gasteiger partial charge in [0, 0.05) is 6.20 Å². The number of hydrogen-bond acceptors (Lipinski definition) is 3. The lowest BCUT2D eigenvalue weighted by Gasteiger charge is -1.97. The van der Waals surface area contributed by atoms with E-state index in [0.717, 1.165) is 17.1 Å². The Labute approximate surface area is 77.3 Å². The second kappa shape index (κ2) is 3.09. The lowest BCUT2D eigenvalue weighted by atomic mass is 10.2. The van der Waals surface area contributed by atoms with Crippen LogP contribution in [0.1, 0.15) is 19.5 Å². The molecule has 2 rings (SSSR count). The molecule has 0 radical (unpaired) electrons. The van der Waals surface area contributed by atoms with Gasteiger partial charge >= 0.3 is 0 Å². The molecule has 0 bridgehead atoms. The Morgan fingerprint density at radius 3 is 2.62 bits per heavy atom. The summed E-state index contributed by atoms with van der Waals surface area (Å²) in [6.45, 7) is 3.94. The third kappa shape index (κ3) is 1.49. The number of pyridine rings is 1. The van der Waals surface area contributed by atoms with Crippen LogP contribution in [0, 0.1) is 0 Å². The molecular formula is C10H11N3. The molecule has 0 fully saturated rings. The van der Waals surface area contributed by atoms with Gasteiger partial charge in [0.25, 0.3) is 0 Å². The summed E-state index contributed by atoms with van der Waals surface area (Å²) in [6.07, 6.45) is 1.82. The highest BCUT2D eigenvalue weighted by Crippen LogP contribution is 2.09. The lowest BCUT2D eigenvalue weighted by Crippen LogP contribution is -2.09. The summed E-state index contributed by atoms with van der Waals surface area (Å²) in [5.41, 5.74) is 2.81. The average Bonchev–Trinajstić information content (AvgIpc) is 2.47. The fraction of sp³-hybridized carbons (Fsp3) is 0.300. The second-order valence-corrected chi connectivity index (χ2v) is 3.04. The van der Waals surface area contributed by atoms with Crippen molar-refractivity contribution >= 4 is 11.4 Å². The number of rotatable bonds is 1. The van der Waals surface area contributed by atoms with Crippen LogP contribution >= 0.6 is 0 Å². The molecule has 1 atom stereocenters. The zero-order valence-corrected chi connectivity index (χ0v) is 7.73. The van der Waals surface area contributed by atoms with E-state index in [1.807, 2.05) is 32.0 Å². The van der Waals surface area contributed by atoms with Crippen molar-refractivity contribution in [2.75, 3.05) is 0 Å². The highest BCUT2D eigenvalue weighted by Gasteiger charge is 2.15. The van der Waals surface area contributed by atoms with E-state index < -0.39 is 0 Å². The van der Waals surface area contributed by atoms with Crippen LogP contribution in [0.3, 0.4) is 0 Å². The maximum atomic E-state index is 4.39. The first-order chi connectivity index (χ1) is 6.27. The summed E-state index contributed by atoms with van der Waals surface area (Å²) in [5.74, 6) is 0. The summed E-state index contributed by atoms with van der Waals surface area (Å²) in [5, 5.41) is 0. The van der Waals surface area contributed by atoms with Crippen LogP contribution in [0.2, 0.25) is 0 Å². The van der Waals surface area contributed by atoms with Crippen molar-refractivity contribution in [2.24, 2.45) is 9.98 Å². The van der Waals surface area contributed by atoms with E-state index in [1.165, 1.54) is 0 Å². The van der Waals surface area contributed by atoms with E-state index in [2.05, 4.69) is 15.0 Å². The van der Waals surface area contributed by atoms with Gasteiger partial charge < -0.3 is 0 Å². The van der Waals surface area contributed by atoms with Crippen LogP contribution in [-0.2, 0) is 0 Å². The molecular weight excluding hydrogens is 162 g/mol. The maximum Gasteiger partial charge on any atom is 0.138 e. The van der Waals surface area contributed by atoms with Crippen LogP contribution in [0.15, 0.2) is 34.4 Å². The normalized spacial score (nSPS) is 21.2. The van der Waals surface area contributed by atoms with Gasteiger partial charge in [-0.3, -0.25) is 15.0 Å². The molecule has 0 spiro atoms. The molecule has 0 saturated carbocycles. The van der Waals surface area contributed by atoms with Gasteiger partial charge in [0.15, 0.2) is 0 Å². The molecule has 1 aromatic rings. The van der Waals surface area contributed by atoms with E-state index in [0.29, 0.717) is 0 Å². The molecule has 3 nitrogen and oxygen atoms in total. The Balaban J connectivity index is 2.39. The summed E-state index contributed by atoms with van der Waals surface area (Å²) in [7, 11) is 0. The maximum absolute atomic E-state index is 4.39. The molecule has 2 heterocycles. The highest BCUT2D eigenvalue weighted by atomic mass is 15.1. The van der Waals surface area contributed by atoms with E-state index in [9.17, 15) is 0 Å². The molecule has 66 valence electrons. The van der Waals surface area contributed by atoms with Gasteiger partial charge in [0.2, 0.25) is 0 Å². The predicted octanol–water partition coefficient (Wildman–Crippen LogP) is 1.69. The summed E-state index contributed by atoms with van der Waals surface area (Å²) < 4.78 is 0. The lowest BCUT2D eigenvalue weighted by molar-refractivity contribution is 0.814. The van der Waals surface area contributed by atoms with E-state index in [1.54, 1.807) is 6.20 Å². The SMILES string of the molecule is CC1=NC(C)N=C1c1ccccn1. The first-order valence-corrected chi connectivity index (χ1v) is 4.31. The Kier molecular flexibility index (Phi) is 1.93. The second-order valence-electron chi connectivity index (χ2n) is 3.04. The van der Waals surface area contributed by atoms with Gasteiger partial charge in [-0.25, -0.2) is 0 Å². The number of aromatic nitrogens is 1. The van der Waals surface area contributed by atoms with Gasteiger partial charge in [0.05, 0.1) is 11.4 Å². The Morgan fingerprint density at radius 2 is 2.08 bits per heavy atom. The molecule has 1 aromatic heterocycles. The Morgan fingerprint density at radius 1 is 1.23 bits per heavy atom. The quantitative estimate of drug-likeness (QED) is 0.636. The fourth-order valence-corrected chi connectivity index (χ4v) is 1.40. The molecule has 3 heteroatoms. The smallest absolute Gasteiger partial charge is 0.138 e. The topological polar surface area (TPSA) is 37.6 Å². The van der Waals surface area contributed by atoms with Crippen LogP contribution in [0.25, 0.3) is 0 Å². The predicted molar refractivity (Wildman–Crippen MR) is 53.3 cm³/mol. The van der Waals surface area contributed by atoms with Gasteiger partial charge in [-0.05, 0) is 26.0 Å². The fourth-order valence-electron chi connectivity index (χ4n) is 1.40. The number of hydrogen-bond donors (Lipinski definition) is 0. The van der Waals surface area contributed by atoms with Gasteiger partial charge in [-0.15, -0.1) is 0 Å². The molecule has 1 unspecified atom stereocenters. The zero-order chi connectivity index (χ0) is 9.26. The van der Waals surface area contributed by atoms with E-state index in [-0.39, 0.29) is 6.17 Å². The van der Waals surface area contributed by atoms with Crippen molar-refractivity contribution in [3.8, 4) is 0 Å². The molecule has 13 heavy (non-hydrogen) atoms. The third-order valence-corrected chi connectivity index (χ3v) is 1.95. The summed E-state index contributed by atoms with van der Waals surface area (Å²) in [6, 6.07) is 5.81. The van der Waals surface area contributed by atoms with Crippen molar-refractivity contribution in [1.82, 2.24) is 4.98 Å². The minimum Gasteiger partial charge on any atom is -0.261 e. The van der Waals surface area contributed by atoms with Crippen LogP contribution in [0.4, 0.5) is 0 Å². The van der Waals surface area contributed by atoms with Crippen molar-refractivity contribution in [2.45, 2.75) is 20.0 Å². The highest BCUT2D eigenvalue weighted by molar-refractivity contribution is 6.48. The zero-order valence-electron chi connectivity index (χ0n) is 7.73. The number of nitrogens with zero attached hydrogens (tertiary/aromatic N) is 3. The van der Waals surface area contributed by atoms with Crippen molar-refractivity contribution in [3.05, 3.63) is 30.1 Å².